The van der Waals surface area contributed by atoms with Crippen LogP contribution in [0.4, 0.5) is 13.2 Å². The molecule has 5 nitrogen and oxygen atoms in total. The molecule has 1 aromatic carbocycles. The van der Waals surface area contributed by atoms with Crippen LogP contribution in [0.3, 0.4) is 0 Å². The van der Waals surface area contributed by atoms with Gasteiger partial charge in [-0.25, -0.2) is 8.98 Å². The summed E-state index contributed by atoms with van der Waals surface area (Å²) in [5.41, 5.74) is -5.32. The van der Waals surface area contributed by atoms with Gasteiger partial charge in [0.25, 0.3) is 0 Å². The van der Waals surface area contributed by atoms with E-state index < -0.39 is 33.6 Å². The molecule has 0 bridgehead atoms. The van der Waals surface area contributed by atoms with E-state index in [1.807, 2.05) is 0 Å². The van der Waals surface area contributed by atoms with E-state index in [4.69, 9.17) is 5.11 Å². The van der Waals surface area contributed by atoms with Crippen molar-refractivity contribution in [2.24, 2.45) is 0 Å². The summed E-state index contributed by atoms with van der Waals surface area (Å²) in [6, 6.07) is 7.64. The number of hydrogen-bond acceptors (Lipinski definition) is 4. The maximum absolute atomic E-state index is 12.2. The van der Waals surface area contributed by atoms with Crippen LogP contribution >= 0.6 is 0 Å². The lowest BCUT2D eigenvalue weighted by atomic mass is 9.96. The third kappa shape index (κ3) is 3.70. The number of aliphatic carboxylic acids is 1. The van der Waals surface area contributed by atoms with Gasteiger partial charge in [0, 0.05) is 5.92 Å². The Morgan fingerprint density at radius 1 is 1.25 bits per heavy atom. The number of halogens is 3. The highest BCUT2D eigenvalue weighted by Gasteiger charge is 2.50. The predicted molar refractivity (Wildman–Crippen MR) is 62.3 cm³/mol. The summed E-state index contributed by atoms with van der Waals surface area (Å²) in [5, 5.41) is 8.88. The van der Waals surface area contributed by atoms with Gasteiger partial charge in [0.1, 0.15) is 0 Å². The lowest BCUT2D eigenvalue weighted by molar-refractivity contribution is -0.146. The maximum Gasteiger partial charge on any atom is 0.523 e. The quantitative estimate of drug-likeness (QED) is 0.665. The van der Waals surface area contributed by atoms with Crippen molar-refractivity contribution in [1.82, 2.24) is 0 Å². The summed E-state index contributed by atoms with van der Waals surface area (Å²) >= 11 is 0. The third-order valence-corrected chi connectivity index (χ3v) is 3.56. The Morgan fingerprint density at radius 2 is 1.75 bits per heavy atom. The topological polar surface area (TPSA) is 80.7 Å². The zero-order valence-electron chi connectivity index (χ0n) is 10.2. The molecule has 20 heavy (non-hydrogen) atoms. The molecule has 1 rings (SSSR count). The summed E-state index contributed by atoms with van der Waals surface area (Å²) < 4.78 is 62.3. The fraction of sp³-hybridized carbons (Fsp3) is 0.364. The van der Waals surface area contributed by atoms with Gasteiger partial charge < -0.3 is 5.11 Å². The van der Waals surface area contributed by atoms with E-state index in [-0.39, 0.29) is 0 Å². The zero-order valence-corrected chi connectivity index (χ0v) is 11.0. The maximum atomic E-state index is 12.2. The molecule has 0 radical (unpaired) electrons. The summed E-state index contributed by atoms with van der Waals surface area (Å²) in [7, 11) is -5.98. The van der Waals surface area contributed by atoms with Gasteiger partial charge in [-0.05, 0) is 5.56 Å². The average molecular weight is 312 g/mol. The van der Waals surface area contributed by atoms with E-state index >= 15 is 0 Å². The van der Waals surface area contributed by atoms with Crippen LogP contribution in [-0.4, -0.2) is 31.1 Å². The summed E-state index contributed by atoms with van der Waals surface area (Å²) in [5.74, 6) is -2.87. The molecule has 0 saturated heterocycles. The lowest BCUT2D eigenvalue weighted by Crippen LogP contribution is -2.37. The largest absolute Gasteiger partial charge is 0.523 e. The second kappa shape index (κ2) is 5.80. The van der Waals surface area contributed by atoms with Crippen LogP contribution in [0.5, 0.6) is 0 Å². The number of benzene rings is 1. The van der Waals surface area contributed by atoms with Crippen molar-refractivity contribution in [3.63, 3.8) is 0 Å². The average Bonchev–Trinajstić information content (AvgIpc) is 2.34. The van der Waals surface area contributed by atoms with Crippen LogP contribution in [0.25, 0.3) is 0 Å². The normalized spacial score (nSPS) is 15.6. The van der Waals surface area contributed by atoms with Gasteiger partial charge in [-0.15, -0.1) is 0 Å². The SMILES string of the molecule is CC(c1ccccc1)[C@@H](OS(=O)(=O)C(F)(F)F)C(=O)O. The highest BCUT2D eigenvalue weighted by molar-refractivity contribution is 7.87. The van der Waals surface area contributed by atoms with Crippen LogP contribution in [0, 0.1) is 0 Å². The van der Waals surface area contributed by atoms with Crippen LogP contribution in [0.15, 0.2) is 30.3 Å². The van der Waals surface area contributed by atoms with Crippen LogP contribution in [0.1, 0.15) is 18.4 Å². The molecule has 0 heterocycles. The van der Waals surface area contributed by atoms with Crippen molar-refractivity contribution in [1.29, 1.82) is 0 Å². The van der Waals surface area contributed by atoms with Gasteiger partial charge in [-0.3, -0.25) is 0 Å². The van der Waals surface area contributed by atoms with E-state index in [0.717, 1.165) is 0 Å². The molecule has 2 atom stereocenters. The van der Waals surface area contributed by atoms with Gasteiger partial charge in [0.15, 0.2) is 6.10 Å². The molecule has 0 aliphatic carbocycles. The van der Waals surface area contributed by atoms with Crippen molar-refractivity contribution in [2.75, 3.05) is 0 Å². The van der Waals surface area contributed by atoms with Gasteiger partial charge in [-0.2, -0.15) is 21.6 Å². The molecule has 1 N–H and O–H groups in total. The minimum atomic E-state index is -5.98. The van der Waals surface area contributed by atoms with Gasteiger partial charge >= 0.3 is 21.6 Å². The first-order chi connectivity index (χ1) is 9.06. The Labute approximate surface area is 113 Å². The van der Waals surface area contributed by atoms with E-state index in [1.165, 1.54) is 19.1 Å². The first-order valence-electron chi connectivity index (χ1n) is 5.33. The van der Waals surface area contributed by atoms with Crippen molar-refractivity contribution in [3.05, 3.63) is 35.9 Å². The van der Waals surface area contributed by atoms with E-state index in [1.54, 1.807) is 18.2 Å². The molecular weight excluding hydrogens is 301 g/mol. The molecule has 1 aromatic rings. The van der Waals surface area contributed by atoms with Crippen molar-refractivity contribution < 1.29 is 35.7 Å². The Balaban J connectivity index is 3.06. The smallest absolute Gasteiger partial charge is 0.479 e. The standard InChI is InChI=1S/C11H11F3O5S/c1-7(8-5-3-2-4-6-8)9(10(15)16)19-20(17,18)11(12,13)14/h2-7,9H,1H3,(H,15,16)/t7?,9-/m1/s1. The number of carboxylic acid groups (broad SMARTS) is 1. The third-order valence-electron chi connectivity index (χ3n) is 2.54. The fourth-order valence-corrected chi connectivity index (χ4v) is 2.09. The van der Waals surface area contributed by atoms with Crippen LogP contribution < -0.4 is 0 Å². The van der Waals surface area contributed by atoms with Crippen LogP contribution in [0.2, 0.25) is 0 Å². The fourth-order valence-electron chi connectivity index (χ4n) is 1.46. The minimum absolute atomic E-state index is 0.345. The van der Waals surface area contributed by atoms with Crippen molar-refractivity contribution in [3.8, 4) is 0 Å². The Hall–Kier alpha value is -1.61. The van der Waals surface area contributed by atoms with Crippen molar-refractivity contribution >= 4 is 16.1 Å². The van der Waals surface area contributed by atoms with E-state index in [9.17, 15) is 26.4 Å². The Bertz CT molecular complexity index is 567. The lowest BCUT2D eigenvalue weighted by Gasteiger charge is -2.21. The molecule has 0 aliphatic rings. The number of rotatable bonds is 5. The van der Waals surface area contributed by atoms with Gasteiger partial charge in [0.05, 0.1) is 0 Å². The highest BCUT2D eigenvalue weighted by Crippen LogP contribution is 2.30. The second-order valence-electron chi connectivity index (χ2n) is 3.95. The number of carbonyl (C=O) groups is 1. The summed E-state index contributed by atoms with van der Waals surface area (Å²) in [6.45, 7) is 1.26. The second-order valence-corrected chi connectivity index (χ2v) is 5.52. The van der Waals surface area contributed by atoms with Crippen LogP contribution in [-0.2, 0) is 19.1 Å². The predicted octanol–water partition coefficient (Wildman–Crippen LogP) is 2.11. The van der Waals surface area contributed by atoms with E-state index in [2.05, 4.69) is 4.18 Å². The molecule has 1 unspecified atom stereocenters. The summed E-state index contributed by atoms with van der Waals surface area (Å²) in [4.78, 5) is 11.0. The van der Waals surface area contributed by atoms with E-state index in [0.29, 0.717) is 5.56 Å². The first kappa shape index (κ1) is 16.4. The molecule has 0 saturated carbocycles. The Morgan fingerprint density at radius 3 is 2.15 bits per heavy atom. The molecule has 9 heteroatoms. The highest BCUT2D eigenvalue weighted by atomic mass is 32.2. The molecule has 0 amide bonds. The zero-order chi connectivity index (χ0) is 15.6. The Kier molecular flexibility index (Phi) is 4.77. The summed E-state index contributed by atoms with van der Waals surface area (Å²) in [6.07, 6.45) is -2.16. The monoisotopic (exact) mass is 312 g/mol. The van der Waals surface area contributed by atoms with Gasteiger partial charge in [0.2, 0.25) is 0 Å². The molecule has 0 fully saturated rings. The molecule has 0 aromatic heterocycles. The minimum Gasteiger partial charge on any atom is -0.479 e. The molecular formula is C11H11F3O5S. The number of alkyl halides is 3. The first-order valence-corrected chi connectivity index (χ1v) is 6.74. The molecule has 0 spiro atoms. The number of carboxylic acids is 1. The van der Waals surface area contributed by atoms with Crippen molar-refractivity contribution in [2.45, 2.75) is 24.5 Å². The molecule has 112 valence electrons. The number of hydrogen-bond donors (Lipinski definition) is 1. The van der Waals surface area contributed by atoms with Gasteiger partial charge in [-0.1, -0.05) is 37.3 Å². The molecule has 0 aliphatic heterocycles.